The van der Waals surface area contributed by atoms with Crippen molar-refractivity contribution in [1.29, 1.82) is 0 Å². The number of hydrogen-bond donors (Lipinski definition) is 0. The molecule has 0 spiro atoms. The summed E-state index contributed by atoms with van der Waals surface area (Å²) in [6.07, 6.45) is 9.43. The predicted octanol–water partition coefficient (Wildman–Crippen LogP) is 2.56. The Kier molecular flexibility index (Phi) is 5.11. The van der Waals surface area contributed by atoms with Crippen LogP contribution in [0, 0.1) is 5.92 Å². The Hall–Kier alpha value is -1.14. The van der Waals surface area contributed by atoms with Gasteiger partial charge in [-0.05, 0) is 44.6 Å². The zero-order valence-corrected chi connectivity index (χ0v) is 17.0. The third-order valence-corrected chi connectivity index (χ3v) is 7.43. The topological polar surface area (TPSA) is 40.4 Å². The van der Waals surface area contributed by atoms with E-state index in [2.05, 4.69) is 26.2 Å². The lowest BCUT2D eigenvalue weighted by molar-refractivity contribution is 0.107. The van der Waals surface area contributed by atoms with Gasteiger partial charge in [-0.1, -0.05) is 19.8 Å². The van der Waals surface area contributed by atoms with Gasteiger partial charge in [-0.25, -0.2) is 0 Å². The second kappa shape index (κ2) is 7.70. The molecule has 6 heteroatoms. The van der Waals surface area contributed by atoms with Gasteiger partial charge in [-0.3, -0.25) is 9.47 Å². The van der Waals surface area contributed by atoms with Gasteiger partial charge in [0.2, 0.25) is 5.95 Å². The predicted molar refractivity (Wildman–Crippen MR) is 108 cm³/mol. The van der Waals surface area contributed by atoms with E-state index >= 15 is 0 Å². The molecule has 1 atom stereocenters. The quantitative estimate of drug-likeness (QED) is 0.768. The average Bonchev–Trinajstić information content (AvgIpc) is 3.11. The highest BCUT2D eigenvalue weighted by Crippen LogP contribution is 2.38. The largest absolute Gasteiger partial charge is 0.339 e. The van der Waals surface area contributed by atoms with E-state index in [1.165, 1.54) is 89.4 Å². The Morgan fingerprint density at radius 2 is 1.67 bits per heavy atom. The molecule has 4 fully saturated rings. The van der Waals surface area contributed by atoms with Gasteiger partial charge in [-0.15, -0.1) is 10.2 Å². The van der Waals surface area contributed by atoms with Crippen molar-refractivity contribution in [2.75, 3.05) is 50.7 Å². The van der Waals surface area contributed by atoms with E-state index < -0.39 is 0 Å². The SMILES string of the molecule is CCN1CCN(C2CCN(c3nnc(C4CCCC4)n3CC3CC3)C2)CC1. The minimum absolute atomic E-state index is 0.658. The molecule has 0 amide bonds. The van der Waals surface area contributed by atoms with E-state index in [1.807, 2.05) is 0 Å². The van der Waals surface area contributed by atoms with Crippen molar-refractivity contribution in [2.24, 2.45) is 5.92 Å². The Morgan fingerprint density at radius 3 is 2.37 bits per heavy atom. The van der Waals surface area contributed by atoms with Gasteiger partial charge in [0.1, 0.15) is 5.82 Å². The molecule has 1 aromatic heterocycles. The van der Waals surface area contributed by atoms with Crippen LogP contribution in [-0.2, 0) is 6.54 Å². The second-order valence-electron chi connectivity index (χ2n) is 9.25. The summed E-state index contributed by atoms with van der Waals surface area (Å²) in [5.41, 5.74) is 0. The van der Waals surface area contributed by atoms with Gasteiger partial charge in [0.05, 0.1) is 0 Å². The molecule has 3 heterocycles. The maximum Gasteiger partial charge on any atom is 0.227 e. The normalized spacial score (nSPS) is 28.5. The fourth-order valence-corrected chi connectivity index (χ4v) is 5.43. The maximum atomic E-state index is 4.74. The van der Waals surface area contributed by atoms with E-state index in [0.717, 1.165) is 25.6 Å². The Bertz CT molecular complexity index is 625. The molecular weight excluding hydrogens is 336 g/mol. The fraction of sp³-hybridized carbons (Fsp3) is 0.905. The van der Waals surface area contributed by atoms with Crippen molar-refractivity contribution >= 4 is 5.95 Å². The van der Waals surface area contributed by atoms with Crippen LogP contribution in [0.5, 0.6) is 0 Å². The summed E-state index contributed by atoms with van der Waals surface area (Å²) in [6.45, 7) is 11.8. The first-order valence-electron chi connectivity index (χ1n) is 11.5. The first kappa shape index (κ1) is 17.9. The monoisotopic (exact) mass is 372 g/mol. The number of nitrogens with zero attached hydrogens (tertiary/aromatic N) is 6. The van der Waals surface area contributed by atoms with Crippen LogP contribution in [0.25, 0.3) is 0 Å². The molecule has 5 rings (SSSR count). The number of aromatic nitrogens is 3. The molecule has 2 saturated carbocycles. The van der Waals surface area contributed by atoms with Crippen molar-refractivity contribution in [3.63, 3.8) is 0 Å². The first-order valence-corrected chi connectivity index (χ1v) is 11.5. The summed E-state index contributed by atoms with van der Waals surface area (Å²) < 4.78 is 2.53. The summed E-state index contributed by atoms with van der Waals surface area (Å²) >= 11 is 0. The minimum Gasteiger partial charge on any atom is -0.339 e. The average molecular weight is 373 g/mol. The van der Waals surface area contributed by atoms with E-state index in [-0.39, 0.29) is 0 Å². The number of likely N-dealkylation sites (N-methyl/N-ethyl adjacent to an activating group) is 1. The van der Waals surface area contributed by atoms with Crippen molar-refractivity contribution < 1.29 is 0 Å². The Labute approximate surface area is 163 Å². The van der Waals surface area contributed by atoms with Crippen LogP contribution >= 0.6 is 0 Å². The zero-order chi connectivity index (χ0) is 18.2. The second-order valence-corrected chi connectivity index (χ2v) is 9.25. The fourth-order valence-electron chi connectivity index (χ4n) is 5.43. The highest BCUT2D eigenvalue weighted by molar-refractivity contribution is 5.34. The Balaban J connectivity index is 1.28. The van der Waals surface area contributed by atoms with Crippen LogP contribution in [0.2, 0.25) is 0 Å². The van der Waals surface area contributed by atoms with E-state index in [4.69, 9.17) is 10.2 Å². The van der Waals surface area contributed by atoms with Crippen LogP contribution in [-0.4, -0.2) is 76.4 Å². The van der Waals surface area contributed by atoms with Gasteiger partial charge >= 0.3 is 0 Å². The maximum absolute atomic E-state index is 4.74. The summed E-state index contributed by atoms with van der Waals surface area (Å²) in [4.78, 5) is 7.85. The molecule has 6 nitrogen and oxygen atoms in total. The molecule has 0 radical (unpaired) electrons. The standard InChI is InChI=1S/C21H36N6/c1-2-24-11-13-25(14-12-24)19-9-10-26(16-19)21-23-22-20(18-5-3-4-6-18)27(21)15-17-7-8-17/h17-19H,2-16H2,1H3. The van der Waals surface area contributed by atoms with E-state index in [0.29, 0.717) is 12.0 Å². The molecule has 27 heavy (non-hydrogen) atoms. The van der Waals surface area contributed by atoms with E-state index in [9.17, 15) is 0 Å². The lowest BCUT2D eigenvalue weighted by Gasteiger charge is -2.37. The van der Waals surface area contributed by atoms with Crippen LogP contribution in [0.1, 0.15) is 63.6 Å². The third-order valence-electron chi connectivity index (χ3n) is 7.43. The van der Waals surface area contributed by atoms with Crippen LogP contribution in [0.3, 0.4) is 0 Å². The van der Waals surface area contributed by atoms with Crippen molar-refractivity contribution in [1.82, 2.24) is 24.6 Å². The lowest BCUT2D eigenvalue weighted by Crippen LogP contribution is -2.50. The van der Waals surface area contributed by atoms with Gasteiger partial charge in [0.15, 0.2) is 0 Å². The molecule has 2 saturated heterocycles. The minimum atomic E-state index is 0.658. The van der Waals surface area contributed by atoms with Crippen molar-refractivity contribution in [2.45, 2.75) is 70.4 Å². The number of piperazine rings is 1. The molecule has 2 aliphatic carbocycles. The van der Waals surface area contributed by atoms with Crippen LogP contribution < -0.4 is 4.90 Å². The molecule has 150 valence electrons. The van der Waals surface area contributed by atoms with Gasteiger partial charge in [-0.2, -0.15) is 0 Å². The summed E-state index contributed by atoms with van der Waals surface area (Å²) in [6, 6.07) is 0.699. The van der Waals surface area contributed by atoms with Gasteiger partial charge < -0.3 is 9.80 Å². The molecule has 1 unspecified atom stereocenters. The summed E-state index contributed by atoms with van der Waals surface area (Å²) in [5, 5.41) is 9.47. The lowest BCUT2D eigenvalue weighted by atomic mass is 10.1. The highest BCUT2D eigenvalue weighted by Gasteiger charge is 2.35. The van der Waals surface area contributed by atoms with Gasteiger partial charge in [0.25, 0.3) is 0 Å². The molecule has 2 aliphatic heterocycles. The first-order chi connectivity index (χ1) is 13.3. The smallest absolute Gasteiger partial charge is 0.227 e. The number of anilines is 1. The molecule has 4 aliphatic rings. The highest BCUT2D eigenvalue weighted by atomic mass is 15.4. The summed E-state index contributed by atoms with van der Waals surface area (Å²) in [7, 11) is 0. The van der Waals surface area contributed by atoms with E-state index in [1.54, 1.807) is 0 Å². The zero-order valence-electron chi connectivity index (χ0n) is 17.0. The molecular formula is C21H36N6. The molecule has 1 aromatic rings. The molecule has 0 aromatic carbocycles. The molecule has 0 bridgehead atoms. The molecule has 0 N–H and O–H groups in total. The van der Waals surface area contributed by atoms with Crippen molar-refractivity contribution in [3.05, 3.63) is 5.82 Å². The van der Waals surface area contributed by atoms with Crippen molar-refractivity contribution in [3.8, 4) is 0 Å². The summed E-state index contributed by atoms with van der Waals surface area (Å²) in [5.74, 6) is 4.01. The number of rotatable bonds is 6. The number of hydrogen-bond acceptors (Lipinski definition) is 5. The third kappa shape index (κ3) is 3.75. The van der Waals surface area contributed by atoms with Crippen LogP contribution in [0.15, 0.2) is 0 Å². The Morgan fingerprint density at radius 1 is 0.889 bits per heavy atom. The van der Waals surface area contributed by atoms with Crippen LogP contribution in [0.4, 0.5) is 5.95 Å². The van der Waals surface area contributed by atoms with Gasteiger partial charge in [0, 0.05) is 57.8 Å².